The molecule has 8 heteroatoms. The van der Waals surface area contributed by atoms with Crippen molar-refractivity contribution in [2.24, 2.45) is 5.18 Å². The fraction of sp³-hybridized carbons (Fsp3) is 0.429. The number of amides is 2. The van der Waals surface area contributed by atoms with Gasteiger partial charge in [0.25, 0.3) is 5.91 Å². The Labute approximate surface area is 169 Å². The summed E-state index contributed by atoms with van der Waals surface area (Å²) in [5.41, 5.74) is 3.00. The second-order valence-electron chi connectivity index (χ2n) is 8.12. The van der Waals surface area contributed by atoms with Crippen LogP contribution in [-0.4, -0.2) is 35.3 Å². The Morgan fingerprint density at radius 3 is 2.79 bits per heavy atom. The molecule has 1 aliphatic heterocycles. The van der Waals surface area contributed by atoms with Crippen LogP contribution in [0.15, 0.2) is 35.5 Å². The van der Waals surface area contributed by atoms with Crippen LogP contribution in [0.4, 0.5) is 10.5 Å². The fourth-order valence-corrected chi connectivity index (χ4v) is 3.57. The summed E-state index contributed by atoms with van der Waals surface area (Å²) in [5.74, 6) is -0.139. The molecule has 3 rings (SSSR count). The molecule has 2 heterocycles. The van der Waals surface area contributed by atoms with Crippen LogP contribution in [0.1, 0.15) is 49.4 Å². The molecule has 1 atom stereocenters. The van der Waals surface area contributed by atoms with Gasteiger partial charge < -0.3 is 19.9 Å². The number of rotatable bonds is 5. The molecule has 1 aromatic carbocycles. The van der Waals surface area contributed by atoms with Crippen LogP contribution < -0.4 is 10.6 Å². The first-order valence-electron chi connectivity index (χ1n) is 9.60. The van der Waals surface area contributed by atoms with E-state index >= 15 is 0 Å². The topological polar surface area (TPSA) is 102 Å². The third-order valence-electron chi connectivity index (χ3n) is 4.80. The summed E-state index contributed by atoms with van der Waals surface area (Å²) >= 11 is 0. The molecule has 154 valence electrons. The van der Waals surface area contributed by atoms with Gasteiger partial charge in [0.05, 0.1) is 6.04 Å². The molecule has 0 fully saturated rings. The zero-order valence-electron chi connectivity index (χ0n) is 17.1. The Kier molecular flexibility index (Phi) is 5.72. The van der Waals surface area contributed by atoms with Crippen molar-refractivity contribution in [3.8, 4) is 11.1 Å². The van der Waals surface area contributed by atoms with Gasteiger partial charge in [0, 0.05) is 24.3 Å². The summed E-state index contributed by atoms with van der Waals surface area (Å²) in [4.78, 5) is 35.1. The van der Waals surface area contributed by atoms with Crippen molar-refractivity contribution >= 4 is 17.7 Å². The first-order chi connectivity index (χ1) is 13.7. The van der Waals surface area contributed by atoms with Crippen LogP contribution in [0, 0.1) is 11.8 Å². The molecule has 1 aromatic heterocycles. The van der Waals surface area contributed by atoms with Crippen LogP contribution >= 0.6 is 0 Å². The van der Waals surface area contributed by atoms with E-state index in [0.29, 0.717) is 30.9 Å². The monoisotopic (exact) mass is 398 g/mol. The molecular formula is C21H26N4O4. The summed E-state index contributed by atoms with van der Waals surface area (Å²) in [6, 6.07) is 8.84. The van der Waals surface area contributed by atoms with Crippen molar-refractivity contribution in [1.29, 1.82) is 0 Å². The number of benzene rings is 1. The number of alkyl carbamates (subject to hydrolysis) is 1. The van der Waals surface area contributed by atoms with Crippen molar-refractivity contribution in [3.05, 3.63) is 46.6 Å². The minimum absolute atomic E-state index is 0.00114. The zero-order valence-corrected chi connectivity index (χ0v) is 17.1. The van der Waals surface area contributed by atoms with E-state index in [2.05, 4.69) is 15.8 Å². The molecule has 29 heavy (non-hydrogen) atoms. The van der Waals surface area contributed by atoms with E-state index in [1.807, 2.05) is 44.4 Å². The lowest BCUT2D eigenvalue weighted by molar-refractivity contribution is 0.0523. The average molecular weight is 398 g/mol. The molecule has 0 saturated heterocycles. The van der Waals surface area contributed by atoms with E-state index in [4.69, 9.17) is 4.74 Å². The molecule has 0 bridgehead atoms. The second kappa shape index (κ2) is 8.06. The molecule has 2 amide bonds. The predicted octanol–water partition coefficient (Wildman–Crippen LogP) is 4.06. The Morgan fingerprint density at radius 2 is 2.10 bits per heavy atom. The number of nitrogens with zero attached hydrogens (tertiary/aromatic N) is 2. The molecule has 0 radical (unpaired) electrons. The molecule has 0 saturated carbocycles. The van der Waals surface area contributed by atoms with Crippen LogP contribution in [0.25, 0.3) is 11.1 Å². The Bertz CT molecular complexity index is 943. The molecule has 0 spiro atoms. The summed E-state index contributed by atoms with van der Waals surface area (Å²) in [5, 5.41) is 8.67. The smallest absolute Gasteiger partial charge is 0.407 e. The van der Waals surface area contributed by atoms with Gasteiger partial charge in [-0.15, -0.1) is 4.91 Å². The highest BCUT2D eigenvalue weighted by Gasteiger charge is 2.28. The minimum Gasteiger partial charge on any atom is -0.444 e. The van der Waals surface area contributed by atoms with Gasteiger partial charge in [-0.05, 0) is 63.1 Å². The van der Waals surface area contributed by atoms with Gasteiger partial charge >= 0.3 is 6.09 Å². The van der Waals surface area contributed by atoms with E-state index in [9.17, 15) is 14.5 Å². The van der Waals surface area contributed by atoms with Crippen LogP contribution in [0.3, 0.4) is 0 Å². The maximum atomic E-state index is 12.4. The quantitative estimate of drug-likeness (QED) is 0.742. The van der Waals surface area contributed by atoms with Crippen molar-refractivity contribution in [2.45, 2.75) is 45.8 Å². The zero-order chi connectivity index (χ0) is 21.2. The van der Waals surface area contributed by atoms with Crippen molar-refractivity contribution in [2.75, 3.05) is 13.1 Å². The normalized spacial score (nSPS) is 16.0. The van der Waals surface area contributed by atoms with E-state index in [-0.39, 0.29) is 11.9 Å². The average Bonchev–Trinajstić information content (AvgIpc) is 3.01. The molecule has 0 unspecified atom stereocenters. The Balaban J connectivity index is 1.80. The van der Waals surface area contributed by atoms with E-state index in [0.717, 1.165) is 16.8 Å². The van der Waals surface area contributed by atoms with Crippen LogP contribution in [-0.2, 0) is 4.74 Å². The van der Waals surface area contributed by atoms with Crippen LogP contribution in [0.2, 0.25) is 0 Å². The van der Waals surface area contributed by atoms with Crippen molar-refractivity contribution in [1.82, 2.24) is 15.2 Å². The first-order valence-corrected chi connectivity index (χ1v) is 9.60. The summed E-state index contributed by atoms with van der Waals surface area (Å²) < 4.78 is 7.27. The lowest BCUT2D eigenvalue weighted by Gasteiger charge is -2.28. The van der Waals surface area contributed by atoms with Gasteiger partial charge in [-0.3, -0.25) is 4.79 Å². The number of carbonyl (C=O) groups is 2. The maximum Gasteiger partial charge on any atom is 0.407 e. The second-order valence-corrected chi connectivity index (χ2v) is 8.12. The highest BCUT2D eigenvalue weighted by Crippen LogP contribution is 2.33. The third kappa shape index (κ3) is 4.64. The van der Waals surface area contributed by atoms with Gasteiger partial charge in [-0.1, -0.05) is 12.1 Å². The number of carbonyl (C=O) groups excluding carboxylic acids is 2. The van der Waals surface area contributed by atoms with Gasteiger partial charge in [-0.2, -0.15) is 0 Å². The van der Waals surface area contributed by atoms with Crippen molar-refractivity contribution in [3.63, 3.8) is 0 Å². The van der Waals surface area contributed by atoms with E-state index < -0.39 is 11.7 Å². The highest BCUT2D eigenvalue weighted by atomic mass is 16.6. The van der Waals surface area contributed by atoms with Crippen molar-refractivity contribution < 1.29 is 14.3 Å². The molecule has 1 aliphatic rings. The number of nitrogens with one attached hydrogen (secondary N) is 2. The third-order valence-corrected chi connectivity index (χ3v) is 4.80. The number of hydrogen-bond acceptors (Lipinski definition) is 5. The van der Waals surface area contributed by atoms with E-state index in [1.54, 1.807) is 18.2 Å². The standard InChI is InChI=1S/C21H26N4O4/c1-13-17(14-6-5-7-15(10-14)24-28)11-18-19(26)23-12-16(25(13)18)8-9-22-20(27)29-21(2,3)4/h5-7,10-11,16H,8-9,12H2,1-4H3,(H,22,27)(H,23,26)/t16-/m0/s1. The van der Waals surface area contributed by atoms with Gasteiger partial charge in [0.15, 0.2) is 0 Å². The summed E-state index contributed by atoms with van der Waals surface area (Å²) in [7, 11) is 0. The Morgan fingerprint density at radius 1 is 1.34 bits per heavy atom. The van der Waals surface area contributed by atoms with Gasteiger partial charge in [0.1, 0.15) is 17.0 Å². The number of nitroso groups, excluding NO2 is 1. The molecule has 8 nitrogen and oxygen atoms in total. The first kappa shape index (κ1) is 20.6. The molecule has 2 aromatic rings. The van der Waals surface area contributed by atoms with Gasteiger partial charge in [0.2, 0.25) is 0 Å². The van der Waals surface area contributed by atoms with Gasteiger partial charge in [-0.25, -0.2) is 4.79 Å². The number of aromatic nitrogens is 1. The number of ether oxygens (including phenoxy) is 1. The lowest BCUT2D eigenvalue weighted by atomic mass is 10.1. The largest absolute Gasteiger partial charge is 0.444 e. The highest BCUT2D eigenvalue weighted by molar-refractivity contribution is 5.95. The van der Waals surface area contributed by atoms with E-state index in [1.165, 1.54) is 0 Å². The lowest BCUT2D eigenvalue weighted by Crippen LogP contribution is -2.41. The SMILES string of the molecule is Cc1c(-c2cccc(N=O)c2)cc2n1[C@@H](CCNC(=O)OC(C)(C)C)CNC2=O. The summed E-state index contributed by atoms with van der Waals surface area (Å²) in [6.45, 7) is 8.30. The molecule has 2 N–H and O–H groups in total. The maximum absolute atomic E-state index is 12.4. The minimum atomic E-state index is -0.549. The predicted molar refractivity (Wildman–Crippen MR) is 110 cm³/mol. The Hall–Kier alpha value is -3.16. The number of hydrogen-bond donors (Lipinski definition) is 2. The summed E-state index contributed by atoms with van der Waals surface area (Å²) in [6.07, 6.45) is 0.179. The fourth-order valence-electron chi connectivity index (χ4n) is 3.57. The molecular weight excluding hydrogens is 372 g/mol. The molecule has 0 aliphatic carbocycles. The van der Waals surface area contributed by atoms with Crippen LogP contribution in [0.5, 0.6) is 0 Å². The number of fused-ring (bicyclic) bond motifs is 1.